The van der Waals surface area contributed by atoms with Gasteiger partial charge in [0.15, 0.2) is 22.5 Å². The fraction of sp³-hybridized carbons (Fsp3) is 0.714. The Bertz CT molecular complexity index is 1250. The minimum Gasteiger partial charge on any atom is -0.395 e. The van der Waals surface area contributed by atoms with E-state index in [0.717, 1.165) is 11.8 Å². The smallest absolute Gasteiger partial charge is 0.395 e. The number of nitrogen functional groups attached to an aromatic ring is 1. The Labute approximate surface area is 223 Å². The van der Waals surface area contributed by atoms with Crippen LogP contribution in [-0.2, 0) is 23.1 Å². The van der Waals surface area contributed by atoms with Gasteiger partial charge < -0.3 is 25.8 Å². The van der Waals surface area contributed by atoms with Gasteiger partial charge in [-0.3, -0.25) is 28.2 Å². The SMILES string of the molecule is CC(C)NP(=O)(OCCSC(=O)C(C)(C)CO)OCC1OC(n2cnc3c(=O)[nH]c(N)nc32)C(C)(O)C1O. The molecule has 0 amide bonds. The lowest BCUT2D eigenvalue weighted by Gasteiger charge is -2.27. The Morgan fingerprint density at radius 1 is 1.45 bits per heavy atom. The van der Waals surface area contributed by atoms with Gasteiger partial charge in [-0.15, -0.1) is 0 Å². The highest BCUT2D eigenvalue weighted by Crippen LogP contribution is 2.47. The van der Waals surface area contributed by atoms with Crippen LogP contribution in [0.2, 0.25) is 0 Å². The summed E-state index contributed by atoms with van der Waals surface area (Å²) in [6.07, 6.45) is -2.66. The maximum absolute atomic E-state index is 13.3. The number of anilines is 1. The maximum Gasteiger partial charge on any atom is 0.405 e. The van der Waals surface area contributed by atoms with E-state index in [1.165, 1.54) is 17.8 Å². The van der Waals surface area contributed by atoms with E-state index in [1.54, 1.807) is 27.7 Å². The van der Waals surface area contributed by atoms with Crippen LogP contribution < -0.4 is 16.4 Å². The second-order valence-corrected chi connectivity index (χ2v) is 12.9. The molecule has 5 unspecified atom stereocenters. The van der Waals surface area contributed by atoms with Crippen molar-refractivity contribution in [2.75, 3.05) is 31.3 Å². The molecule has 1 saturated heterocycles. The Hall–Kier alpha value is -1.88. The number of nitrogens with one attached hydrogen (secondary N) is 2. The molecule has 1 aliphatic rings. The quantitative estimate of drug-likeness (QED) is 0.145. The van der Waals surface area contributed by atoms with Crippen LogP contribution in [0.5, 0.6) is 0 Å². The van der Waals surface area contributed by atoms with Crippen molar-refractivity contribution in [2.24, 2.45) is 5.41 Å². The molecular formula is C21H35N6O9PS. The van der Waals surface area contributed by atoms with E-state index < -0.39 is 49.4 Å². The second-order valence-electron chi connectivity index (χ2n) is 10.1. The summed E-state index contributed by atoms with van der Waals surface area (Å²) in [6, 6.07) is -0.305. The summed E-state index contributed by atoms with van der Waals surface area (Å²) in [5.41, 5.74) is 2.26. The lowest BCUT2D eigenvalue weighted by molar-refractivity contribution is -0.119. The molecule has 214 valence electrons. The van der Waals surface area contributed by atoms with Gasteiger partial charge in [0.1, 0.15) is 17.8 Å². The van der Waals surface area contributed by atoms with E-state index in [0.29, 0.717) is 0 Å². The Morgan fingerprint density at radius 2 is 2.13 bits per heavy atom. The van der Waals surface area contributed by atoms with Gasteiger partial charge in [0.2, 0.25) is 5.95 Å². The third-order valence-corrected chi connectivity index (χ3v) is 8.84. The van der Waals surface area contributed by atoms with Crippen LogP contribution in [0.1, 0.15) is 40.8 Å². The van der Waals surface area contributed by atoms with Gasteiger partial charge in [0.25, 0.3) is 5.56 Å². The molecule has 0 saturated carbocycles. The highest BCUT2D eigenvalue weighted by molar-refractivity contribution is 8.13. The number of thioether (sulfide) groups is 1. The Morgan fingerprint density at radius 3 is 2.76 bits per heavy atom. The number of aliphatic hydroxyl groups is 3. The molecule has 17 heteroatoms. The molecule has 0 aromatic carbocycles. The standard InChI is InChI=1S/C21H35N6O9PS/c1-11(2)26-37(33,34-6-7-38-18(31)20(3,4)9-28)35-8-12-14(29)21(5,32)17(36-12)27-10-23-13-15(27)24-19(22)25-16(13)30/h10-12,14,17,28-29,32H,6-9H2,1-5H3,(H,26,33)(H3,22,24,25,30). The number of hydrogen-bond acceptors (Lipinski definition) is 13. The topological polar surface area (TPSA) is 224 Å². The number of rotatable bonds is 12. The number of ether oxygens (including phenoxy) is 1. The monoisotopic (exact) mass is 578 g/mol. The Balaban J connectivity index is 1.69. The first-order valence-electron chi connectivity index (χ1n) is 11.8. The van der Waals surface area contributed by atoms with E-state index in [-0.39, 0.29) is 47.2 Å². The van der Waals surface area contributed by atoms with E-state index >= 15 is 0 Å². The minimum atomic E-state index is -3.93. The number of H-pyrrole nitrogens is 1. The van der Waals surface area contributed by atoms with Gasteiger partial charge in [0, 0.05) is 11.8 Å². The van der Waals surface area contributed by atoms with E-state index in [1.807, 2.05) is 0 Å². The molecule has 3 rings (SSSR count). The molecule has 1 fully saturated rings. The largest absolute Gasteiger partial charge is 0.405 e. The number of nitrogens with zero attached hydrogens (tertiary/aromatic N) is 3. The van der Waals surface area contributed by atoms with E-state index in [9.17, 15) is 29.5 Å². The fourth-order valence-electron chi connectivity index (χ4n) is 3.64. The molecule has 15 nitrogen and oxygen atoms in total. The van der Waals surface area contributed by atoms with Gasteiger partial charge in [-0.1, -0.05) is 11.8 Å². The third-order valence-electron chi connectivity index (χ3n) is 5.81. The summed E-state index contributed by atoms with van der Waals surface area (Å²) in [4.78, 5) is 34.7. The second kappa shape index (κ2) is 11.7. The van der Waals surface area contributed by atoms with Crippen molar-refractivity contribution in [3.8, 4) is 0 Å². The summed E-state index contributed by atoms with van der Waals surface area (Å²) in [6.45, 7) is 7.17. The van der Waals surface area contributed by atoms with Gasteiger partial charge in [-0.2, -0.15) is 4.98 Å². The van der Waals surface area contributed by atoms with Crippen molar-refractivity contribution in [3.63, 3.8) is 0 Å². The van der Waals surface area contributed by atoms with Crippen molar-refractivity contribution in [2.45, 2.75) is 64.7 Å². The van der Waals surface area contributed by atoms with Gasteiger partial charge in [-0.05, 0) is 34.6 Å². The zero-order valence-corrected chi connectivity index (χ0v) is 23.5. The highest BCUT2D eigenvalue weighted by atomic mass is 32.2. The minimum absolute atomic E-state index is 0.0365. The van der Waals surface area contributed by atoms with Gasteiger partial charge in [0.05, 0.1) is 31.6 Å². The number of nitrogens with two attached hydrogens (primary N) is 1. The van der Waals surface area contributed by atoms with Crippen LogP contribution in [0.4, 0.5) is 5.95 Å². The van der Waals surface area contributed by atoms with E-state index in [4.69, 9.17) is 19.5 Å². The number of carbonyl (C=O) groups excluding carboxylic acids is 1. The molecule has 0 bridgehead atoms. The lowest BCUT2D eigenvalue weighted by atomic mass is 9.96. The summed E-state index contributed by atoms with van der Waals surface area (Å²) in [5, 5.41) is 33.7. The van der Waals surface area contributed by atoms with Gasteiger partial charge >= 0.3 is 7.75 Å². The number of hydrogen-bond donors (Lipinski definition) is 6. The number of imidazole rings is 1. The third kappa shape index (κ3) is 6.63. The molecule has 38 heavy (non-hydrogen) atoms. The molecule has 0 aliphatic carbocycles. The first-order valence-corrected chi connectivity index (χ1v) is 14.4. The first-order chi connectivity index (χ1) is 17.6. The summed E-state index contributed by atoms with van der Waals surface area (Å²) in [5.74, 6) is -0.00233. The molecule has 0 spiro atoms. The molecule has 1 aliphatic heterocycles. The Kier molecular flexibility index (Phi) is 9.44. The molecule has 0 radical (unpaired) electrons. The molecule has 2 aromatic rings. The summed E-state index contributed by atoms with van der Waals surface area (Å²) < 4.78 is 31.5. The number of aliphatic hydroxyl groups excluding tert-OH is 2. The lowest BCUT2D eigenvalue weighted by Crippen LogP contribution is -2.44. The number of aromatic nitrogens is 4. The van der Waals surface area contributed by atoms with Crippen LogP contribution in [0, 0.1) is 5.41 Å². The van der Waals surface area contributed by atoms with Crippen LogP contribution in [0.3, 0.4) is 0 Å². The first kappa shape index (κ1) is 30.7. The zero-order valence-electron chi connectivity index (χ0n) is 21.8. The normalized spacial score (nSPS) is 25.8. The predicted octanol–water partition coefficient (Wildman–Crippen LogP) is 0.129. The van der Waals surface area contributed by atoms with Crippen LogP contribution in [0.15, 0.2) is 11.1 Å². The molecule has 5 atom stereocenters. The van der Waals surface area contributed by atoms with Crippen molar-refractivity contribution in [1.29, 1.82) is 0 Å². The maximum atomic E-state index is 13.3. The average molecular weight is 579 g/mol. The van der Waals surface area contributed by atoms with Crippen molar-refractivity contribution in [1.82, 2.24) is 24.6 Å². The highest BCUT2D eigenvalue weighted by Gasteiger charge is 2.54. The number of aromatic amines is 1. The van der Waals surface area contributed by atoms with Crippen molar-refractivity contribution >= 4 is 41.7 Å². The zero-order chi connectivity index (χ0) is 28.5. The molecule has 2 aromatic heterocycles. The van der Waals surface area contributed by atoms with Gasteiger partial charge in [-0.25, -0.2) is 14.6 Å². The molecular weight excluding hydrogens is 543 g/mol. The predicted molar refractivity (Wildman–Crippen MR) is 139 cm³/mol. The molecule has 7 N–H and O–H groups in total. The van der Waals surface area contributed by atoms with Crippen LogP contribution >= 0.6 is 19.5 Å². The number of fused-ring (bicyclic) bond motifs is 1. The van der Waals surface area contributed by atoms with Crippen molar-refractivity contribution in [3.05, 3.63) is 16.7 Å². The number of carbonyl (C=O) groups is 1. The van der Waals surface area contributed by atoms with Crippen molar-refractivity contribution < 1.29 is 38.5 Å². The summed E-state index contributed by atoms with van der Waals surface area (Å²) >= 11 is 0.939. The average Bonchev–Trinajstić information content (AvgIpc) is 3.33. The molecule has 3 heterocycles. The van der Waals surface area contributed by atoms with Crippen LogP contribution in [-0.4, -0.2) is 89.4 Å². The fourth-order valence-corrected chi connectivity index (χ4v) is 6.11. The summed E-state index contributed by atoms with van der Waals surface area (Å²) in [7, 11) is -3.93. The van der Waals surface area contributed by atoms with E-state index in [2.05, 4.69) is 20.0 Å². The van der Waals surface area contributed by atoms with Crippen LogP contribution in [0.25, 0.3) is 11.2 Å².